The van der Waals surface area contributed by atoms with Gasteiger partial charge in [0, 0.05) is 10.7 Å². The zero-order valence-corrected chi connectivity index (χ0v) is 14.1. The summed E-state index contributed by atoms with van der Waals surface area (Å²) in [6.07, 6.45) is -0.0759. The van der Waals surface area contributed by atoms with Crippen LogP contribution in [-0.4, -0.2) is 18.7 Å². The number of nitrogens with zero attached hydrogens (tertiary/aromatic N) is 1. The Hall–Kier alpha value is -2.20. The molecule has 4 nitrogen and oxygen atoms in total. The third-order valence-corrected chi connectivity index (χ3v) is 4.31. The second-order valence-corrected chi connectivity index (χ2v) is 6.27. The van der Waals surface area contributed by atoms with E-state index >= 15 is 0 Å². The molecule has 3 rings (SSSR count). The van der Waals surface area contributed by atoms with Gasteiger partial charge >= 0.3 is 6.03 Å². The number of benzene rings is 2. The van der Waals surface area contributed by atoms with Crippen LogP contribution >= 0.6 is 11.6 Å². The van der Waals surface area contributed by atoms with E-state index in [0.29, 0.717) is 23.0 Å². The SMILES string of the molecule is Cc1cccc(NC(=O)N2CC(C)Oc3ccc(Cl)cc32)c1C. The minimum absolute atomic E-state index is 0.0759. The van der Waals surface area contributed by atoms with Gasteiger partial charge in [-0.3, -0.25) is 4.90 Å². The van der Waals surface area contributed by atoms with Crippen LogP contribution in [0, 0.1) is 13.8 Å². The van der Waals surface area contributed by atoms with Crippen LogP contribution in [0.2, 0.25) is 5.02 Å². The van der Waals surface area contributed by atoms with E-state index in [1.807, 2.05) is 39.0 Å². The van der Waals surface area contributed by atoms with Gasteiger partial charge in [-0.2, -0.15) is 0 Å². The number of amides is 2. The number of urea groups is 1. The smallest absolute Gasteiger partial charge is 0.326 e. The number of fused-ring (bicyclic) bond motifs is 1. The topological polar surface area (TPSA) is 41.6 Å². The van der Waals surface area contributed by atoms with Crippen LogP contribution in [0.5, 0.6) is 5.75 Å². The Morgan fingerprint density at radius 2 is 2.09 bits per heavy atom. The van der Waals surface area contributed by atoms with E-state index in [2.05, 4.69) is 5.32 Å². The van der Waals surface area contributed by atoms with E-state index < -0.39 is 0 Å². The third kappa shape index (κ3) is 3.13. The van der Waals surface area contributed by atoms with E-state index in [1.165, 1.54) is 0 Å². The molecule has 0 bridgehead atoms. The van der Waals surface area contributed by atoms with E-state index in [1.54, 1.807) is 23.1 Å². The van der Waals surface area contributed by atoms with Gasteiger partial charge in [0.2, 0.25) is 0 Å². The molecule has 0 aromatic heterocycles. The van der Waals surface area contributed by atoms with Gasteiger partial charge < -0.3 is 10.1 Å². The highest BCUT2D eigenvalue weighted by atomic mass is 35.5. The second kappa shape index (κ2) is 6.13. The summed E-state index contributed by atoms with van der Waals surface area (Å²) in [5.41, 5.74) is 3.71. The Morgan fingerprint density at radius 3 is 2.87 bits per heavy atom. The molecule has 2 aromatic carbocycles. The number of hydrogen-bond donors (Lipinski definition) is 1. The highest BCUT2D eigenvalue weighted by Crippen LogP contribution is 2.36. The van der Waals surface area contributed by atoms with Crippen molar-refractivity contribution in [1.29, 1.82) is 0 Å². The van der Waals surface area contributed by atoms with Gasteiger partial charge in [-0.05, 0) is 56.2 Å². The van der Waals surface area contributed by atoms with Crippen molar-refractivity contribution in [2.75, 3.05) is 16.8 Å². The van der Waals surface area contributed by atoms with Crippen molar-refractivity contribution >= 4 is 29.0 Å². The largest absolute Gasteiger partial charge is 0.487 e. The lowest BCUT2D eigenvalue weighted by Crippen LogP contribution is -2.44. The Morgan fingerprint density at radius 1 is 1.30 bits per heavy atom. The molecule has 1 atom stereocenters. The first-order chi connectivity index (χ1) is 11.0. The predicted molar refractivity (Wildman–Crippen MR) is 93.8 cm³/mol. The molecule has 2 aromatic rings. The predicted octanol–water partition coefficient (Wildman–Crippen LogP) is 4.78. The van der Waals surface area contributed by atoms with Crippen LogP contribution in [-0.2, 0) is 0 Å². The van der Waals surface area contributed by atoms with Gasteiger partial charge in [0.25, 0.3) is 0 Å². The molecule has 1 unspecified atom stereocenters. The summed E-state index contributed by atoms with van der Waals surface area (Å²) in [6, 6.07) is 11.0. The Bertz CT molecular complexity index is 761. The van der Waals surface area contributed by atoms with Crippen molar-refractivity contribution < 1.29 is 9.53 Å². The van der Waals surface area contributed by atoms with Crippen molar-refractivity contribution in [2.24, 2.45) is 0 Å². The normalized spacial score (nSPS) is 16.5. The molecule has 1 aliphatic rings. The van der Waals surface area contributed by atoms with Crippen LogP contribution in [0.3, 0.4) is 0 Å². The number of carbonyl (C=O) groups is 1. The van der Waals surface area contributed by atoms with Crippen LogP contribution in [0.1, 0.15) is 18.1 Å². The molecule has 1 heterocycles. The number of aryl methyl sites for hydroxylation is 1. The molecule has 1 aliphatic heterocycles. The number of nitrogens with one attached hydrogen (secondary N) is 1. The Labute approximate surface area is 141 Å². The lowest BCUT2D eigenvalue weighted by molar-refractivity contribution is 0.208. The van der Waals surface area contributed by atoms with Crippen molar-refractivity contribution in [3.63, 3.8) is 0 Å². The van der Waals surface area contributed by atoms with Crippen LogP contribution in [0.15, 0.2) is 36.4 Å². The standard InChI is InChI=1S/C18H19ClN2O2/c1-11-5-4-6-15(13(11)3)20-18(22)21-10-12(2)23-17-8-7-14(19)9-16(17)21/h4-9,12H,10H2,1-3H3,(H,20,22). The fraction of sp³-hybridized carbons (Fsp3) is 0.278. The number of hydrogen-bond acceptors (Lipinski definition) is 2. The monoisotopic (exact) mass is 330 g/mol. The summed E-state index contributed by atoms with van der Waals surface area (Å²) in [5, 5.41) is 3.57. The first kappa shape index (κ1) is 15.7. The van der Waals surface area contributed by atoms with Crippen LogP contribution < -0.4 is 15.0 Å². The van der Waals surface area contributed by atoms with Crippen molar-refractivity contribution in [3.05, 3.63) is 52.5 Å². The van der Waals surface area contributed by atoms with Crippen LogP contribution in [0.4, 0.5) is 16.2 Å². The lowest BCUT2D eigenvalue weighted by Gasteiger charge is -2.33. The Balaban J connectivity index is 1.91. The highest BCUT2D eigenvalue weighted by Gasteiger charge is 2.28. The van der Waals surface area contributed by atoms with Crippen molar-refractivity contribution in [3.8, 4) is 5.75 Å². The summed E-state index contributed by atoms with van der Waals surface area (Å²) in [6.45, 7) is 6.44. The molecular weight excluding hydrogens is 312 g/mol. The van der Waals surface area contributed by atoms with E-state index in [-0.39, 0.29) is 12.1 Å². The highest BCUT2D eigenvalue weighted by molar-refractivity contribution is 6.31. The molecule has 0 fully saturated rings. The second-order valence-electron chi connectivity index (χ2n) is 5.83. The molecule has 2 amide bonds. The fourth-order valence-electron chi connectivity index (χ4n) is 2.67. The zero-order chi connectivity index (χ0) is 16.6. The van der Waals surface area contributed by atoms with Gasteiger partial charge in [-0.15, -0.1) is 0 Å². The summed E-state index contributed by atoms with van der Waals surface area (Å²) < 4.78 is 5.78. The quantitative estimate of drug-likeness (QED) is 0.817. The summed E-state index contributed by atoms with van der Waals surface area (Å²) >= 11 is 6.08. The molecular formula is C18H19ClN2O2. The molecule has 0 radical (unpaired) electrons. The molecule has 23 heavy (non-hydrogen) atoms. The maximum Gasteiger partial charge on any atom is 0.326 e. The minimum Gasteiger partial charge on any atom is -0.487 e. The first-order valence-electron chi connectivity index (χ1n) is 7.56. The van der Waals surface area contributed by atoms with Gasteiger partial charge in [0.05, 0.1) is 12.2 Å². The maximum atomic E-state index is 12.8. The van der Waals surface area contributed by atoms with E-state index in [0.717, 1.165) is 16.8 Å². The minimum atomic E-state index is -0.183. The zero-order valence-electron chi connectivity index (χ0n) is 13.4. The van der Waals surface area contributed by atoms with Crippen molar-refractivity contribution in [1.82, 2.24) is 0 Å². The van der Waals surface area contributed by atoms with Crippen molar-refractivity contribution in [2.45, 2.75) is 26.9 Å². The summed E-state index contributed by atoms with van der Waals surface area (Å²) in [7, 11) is 0. The maximum absolute atomic E-state index is 12.8. The molecule has 5 heteroatoms. The van der Waals surface area contributed by atoms with E-state index in [9.17, 15) is 4.79 Å². The molecule has 0 aliphatic carbocycles. The first-order valence-corrected chi connectivity index (χ1v) is 7.94. The van der Waals surface area contributed by atoms with Gasteiger partial charge in [0.1, 0.15) is 11.9 Å². The van der Waals surface area contributed by atoms with Gasteiger partial charge in [0.15, 0.2) is 0 Å². The molecule has 1 N–H and O–H groups in total. The summed E-state index contributed by atoms with van der Waals surface area (Å²) in [4.78, 5) is 14.4. The Kier molecular flexibility index (Phi) is 4.18. The number of halogens is 1. The molecule has 120 valence electrons. The van der Waals surface area contributed by atoms with E-state index in [4.69, 9.17) is 16.3 Å². The van der Waals surface area contributed by atoms with Gasteiger partial charge in [-0.1, -0.05) is 23.7 Å². The summed E-state index contributed by atoms with van der Waals surface area (Å²) in [5.74, 6) is 0.671. The third-order valence-electron chi connectivity index (χ3n) is 4.07. The van der Waals surface area contributed by atoms with Crippen LogP contribution in [0.25, 0.3) is 0 Å². The molecule has 0 saturated carbocycles. The number of rotatable bonds is 1. The number of anilines is 2. The fourth-order valence-corrected chi connectivity index (χ4v) is 2.84. The number of carbonyl (C=O) groups excluding carboxylic acids is 1. The molecule has 0 spiro atoms. The number of ether oxygens (including phenoxy) is 1. The lowest BCUT2D eigenvalue weighted by atomic mass is 10.1. The average molecular weight is 331 g/mol. The average Bonchev–Trinajstić information content (AvgIpc) is 2.51. The molecule has 0 saturated heterocycles. The van der Waals surface area contributed by atoms with Gasteiger partial charge in [-0.25, -0.2) is 4.79 Å².